The highest BCUT2D eigenvalue weighted by Gasteiger charge is 2.51. The summed E-state index contributed by atoms with van der Waals surface area (Å²) in [6, 6.07) is 13.2. The summed E-state index contributed by atoms with van der Waals surface area (Å²) < 4.78 is 1.09. The van der Waals surface area contributed by atoms with Gasteiger partial charge in [-0.25, -0.2) is 4.79 Å². The smallest absolute Gasteiger partial charge is 0.329 e. The summed E-state index contributed by atoms with van der Waals surface area (Å²) in [7, 11) is 0. The SMILES string of the molecule is CC(O)c1ccc2c(c1)C1(CCC(Nc3cccc(Cl)c3)(C(=O)O)CC1)C(Br)=C2. The maximum Gasteiger partial charge on any atom is 0.329 e. The molecule has 29 heavy (non-hydrogen) atoms. The number of hydrogen-bond acceptors (Lipinski definition) is 3. The Hall–Kier alpha value is -1.82. The summed E-state index contributed by atoms with van der Waals surface area (Å²) in [5.41, 5.74) is 2.62. The molecule has 0 saturated heterocycles. The van der Waals surface area contributed by atoms with E-state index < -0.39 is 17.6 Å². The lowest BCUT2D eigenvalue weighted by molar-refractivity contribution is -0.143. The minimum absolute atomic E-state index is 0.241. The molecule has 6 heteroatoms. The molecule has 0 bridgehead atoms. The zero-order valence-corrected chi connectivity index (χ0v) is 18.4. The standard InChI is InChI=1S/C23H23BrClNO3/c1-14(27)15-5-6-16-12-20(24)22(19(16)11-15)7-9-23(10-8-22,21(28)29)26-18-4-2-3-17(25)13-18/h2-6,11-14,26-27H,7-10H2,1H3,(H,28,29). The van der Waals surface area contributed by atoms with Gasteiger partial charge in [-0.1, -0.05) is 51.8 Å². The fourth-order valence-corrected chi connectivity index (χ4v) is 5.67. The molecular formula is C23H23BrClNO3. The van der Waals surface area contributed by atoms with Gasteiger partial charge >= 0.3 is 5.97 Å². The van der Waals surface area contributed by atoms with Gasteiger partial charge in [-0.15, -0.1) is 0 Å². The number of hydrogen-bond donors (Lipinski definition) is 3. The third kappa shape index (κ3) is 3.49. The molecule has 0 radical (unpaired) electrons. The number of nitrogens with one attached hydrogen (secondary N) is 1. The molecule has 0 heterocycles. The van der Waals surface area contributed by atoms with Crippen LogP contribution < -0.4 is 5.32 Å². The molecule has 1 saturated carbocycles. The Morgan fingerprint density at radius 1 is 1.17 bits per heavy atom. The van der Waals surface area contributed by atoms with E-state index in [-0.39, 0.29) is 5.41 Å². The van der Waals surface area contributed by atoms with Crippen molar-refractivity contribution in [3.05, 3.63) is 68.7 Å². The van der Waals surface area contributed by atoms with Crippen molar-refractivity contribution in [3.8, 4) is 0 Å². The largest absolute Gasteiger partial charge is 0.480 e. The van der Waals surface area contributed by atoms with Crippen LogP contribution in [-0.4, -0.2) is 21.7 Å². The molecule has 1 spiro atoms. The van der Waals surface area contributed by atoms with Crippen LogP contribution in [0, 0.1) is 0 Å². The molecule has 2 aliphatic carbocycles. The van der Waals surface area contributed by atoms with Crippen LogP contribution in [-0.2, 0) is 10.2 Å². The Balaban J connectivity index is 1.65. The van der Waals surface area contributed by atoms with Gasteiger partial charge in [-0.2, -0.15) is 0 Å². The molecular weight excluding hydrogens is 454 g/mol. The van der Waals surface area contributed by atoms with Gasteiger partial charge in [-0.05, 0) is 73.6 Å². The zero-order valence-electron chi connectivity index (χ0n) is 16.1. The molecule has 2 aromatic carbocycles. The number of aliphatic hydroxyl groups excluding tert-OH is 1. The third-order valence-corrected chi connectivity index (χ3v) is 7.61. The number of anilines is 1. The Labute approximate surface area is 183 Å². The highest BCUT2D eigenvalue weighted by atomic mass is 79.9. The summed E-state index contributed by atoms with van der Waals surface area (Å²) in [5.74, 6) is -0.844. The number of rotatable bonds is 4. The van der Waals surface area contributed by atoms with Gasteiger partial charge in [-0.3, -0.25) is 0 Å². The number of aliphatic carboxylic acids is 1. The van der Waals surface area contributed by atoms with Crippen LogP contribution in [0.2, 0.25) is 5.02 Å². The van der Waals surface area contributed by atoms with Crippen molar-refractivity contribution >= 4 is 45.3 Å². The third-order valence-electron chi connectivity index (χ3n) is 6.39. The van der Waals surface area contributed by atoms with Crippen molar-refractivity contribution in [2.75, 3.05) is 5.32 Å². The monoisotopic (exact) mass is 475 g/mol. The van der Waals surface area contributed by atoms with E-state index in [0.29, 0.717) is 36.4 Å². The minimum atomic E-state index is -1.03. The predicted octanol–water partition coefficient (Wildman–Crippen LogP) is 5.89. The first-order valence-electron chi connectivity index (χ1n) is 9.73. The van der Waals surface area contributed by atoms with E-state index in [0.717, 1.165) is 15.6 Å². The minimum Gasteiger partial charge on any atom is -0.480 e. The summed E-state index contributed by atoms with van der Waals surface area (Å²) in [5, 5.41) is 23.9. The lowest BCUT2D eigenvalue weighted by Gasteiger charge is -2.44. The van der Waals surface area contributed by atoms with Gasteiger partial charge in [0.25, 0.3) is 0 Å². The van der Waals surface area contributed by atoms with Crippen LogP contribution in [0.5, 0.6) is 0 Å². The predicted molar refractivity (Wildman–Crippen MR) is 120 cm³/mol. The van der Waals surface area contributed by atoms with Gasteiger partial charge in [0.2, 0.25) is 0 Å². The second-order valence-corrected chi connectivity index (χ2v) is 9.41. The van der Waals surface area contributed by atoms with Crippen LogP contribution in [0.4, 0.5) is 5.69 Å². The average Bonchev–Trinajstić information content (AvgIpc) is 2.94. The van der Waals surface area contributed by atoms with E-state index in [1.54, 1.807) is 19.1 Å². The van der Waals surface area contributed by atoms with E-state index in [4.69, 9.17) is 11.6 Å². The molecule has 152 valence electrons. The number of aliphatic hydroxyl groups is 1. The van der Waals surface area contributed by atoms with Crippen molar-refractivity contribution in [2.45, 2.75) is 49.7 Å². The summed E-state index contributed by atoms with van der Waals surface area (Å²) in [6.07, 6.45) is 3.94. The Morgan fingerprint density at radius 2 is 1.90 bits per heavy atom. The van der Waals surface area contributed by atoms with Crippen molar-refractivity contribution in [1.29, 1.82) is 0 Å². The number of fused-ring (bicyclic) bond motifs is 2. The summed E-state index contributed by atoms with van der Waals surface area (Å²) in [6.45, 7) is 1.76. The van der Waals surface area contributed by atoms with Crippen LogP contribution >= 0.6 is 27.5 Å². The zero-order chi connectivity index (χ0) is 20.8. The van der Waals surface area contributed by atoms with E-state index in [1.165, 1.54) is 5.56 Å². The van der Waals surface area contributed by atoms with Crippen LogP contribution in [0.1, 0.15) is 55.4 Å². The molecule has 0 aromatic heterocycles. The Bertz CT molecular complexity index is 993. The molecule has 0 aliphatic heterocycles. The molecule has 1 fully saturated rings. The van der Waals surface area contributed by atoms with Gasteiger partial charge in [0.1, 0.15) is 5.54 Å². The first kappa shape index (κ1) is 20.5. The van der Waals surface area contributed by atoms with Gasteiger partial charge in [0.05, 0.1) is 6.10 Å². The van der Waals surface area contributed by atoms with E-state index >= 15 is 0 Å². The average molecular weight is 477 g/mol. The van der Waals surface area contributed by atoms with Gasteiger partial charge in [0, 0.05) is 20.6 Å². The normalized spacial score (nSPS) is 26.7. The summed E-state index contributed by atoms with van der Waals surface area (Å²) in [4.78, 5) is 12.3. The van der Waals surface area contributed by atoms with E-state index in [9.17, 15) is 15.0 Å². The lowest BCUT2D eigenvalue weighted by atomic mass is 9.65. The fourth-order valence-electron chi connectivity index (χ4n) is 4.62. The maximum atomic E-state index is 12.3. The second kappa shape index (κ2) is 7.46. The number of carbonyl (C=O) groups is 1. The highest BCUT2D eigenvalue weighted by Crippen LogP contribution is 2.55. The van der Waals surface area contributed by atoms with Crippen molar-refractivity contribution in [3.63, 3.8) is 0 Å². The van der Waals surface area contributed by atoms with E-state index in [1.807, 2.05) is 24.3 Å². The molecule has 1 atom stereocenters. The molecule has 4 nitrogen and oxygen atoms in total. The number of carboxylic acid groups (broad SMARTS) is 1. The first-order chi connectivity index (χ1) is 13.8. The quantitative estimate of drug-likeness (QED) is 0.514. The van der Waals surface area contributed by atoms with Crippen molar-refractivity contribution < 1.29 is 15.0 Å². The van der Waals surface area contributed by atoms with Crippen LogP contribution in [0.3, 0.4) is 0 Å². The topological polar surface area (TPSA) is 69.6 Å². The number of allylic oxidation sites excluding steroid dienone is 1. The fraction of sp³-hybridized carbons (Fsp3) is 0.348. The Morgan fingerprint density at radius 3 is 2.52 bits per heavy atom. The van der Waals surface area contributed by atoms with Crippen molar-refractivity contribution in [1.82, 2.24) is 0 Å². The van der Waals surface area contributed by atoms with E-state index in [2.05, 4.69) is 33.4 Å². The van der Waals surface area contributed by atoms with Gasteiger partial charge < -0.3 is 15.5 Å². The van der Waals surface area contributed by atoms with Gasteiger partial charge in [0.15, 0.2) is 0 Å². The molecule has 1 unspecified atom stereocenters. The number of carboxylic acids is 1. The number of halogens is 2. The van der Waals surface area contributed by atoms with Crippen LogP contribution in [0.15, 0.2) is 46.9 Å². The first-order valence-corrected chi connectivity index (χ1v) is 10.9. The molecule has 2 aromatic rings. The molecule has 3 N–H and O–H groups in total. The highest BCUT2D eigenvalue weighted by molar-refractivity contribution is 9.11. The molecule has 4 rings (SSSR count). The molecule has 2 aliphatic rings. The second-order valence-electron chi connectivity index (χ2n) is 8.12. The lowest BCUT2D eigenvalue weighted by Crippen LogP contribution is -2.52. The molecule has 0 amide bonds. The van der Waals surface area contributed by atoms with Crippen LogP contribution in [0.25, 0.3) is 6.08 Å². The maximum absolute atomic E-state index is 12.3. The van der Waals surface area contributed by atoms with Crippen molar-refractivity contribution in [2.24, 2.45) is 0 Å². The summed E-state index contributed by atoms with van der Waals surface area (Å²) >= 11 is 9.84. The number of benzene rings is 2. The Kier molecular flexibility index (Phi) is 5.26.